The quantitative estimate of drug-likeness (QED) is 0.815. The molecule has 2 atom stereocenters. The first-order valence-corrected chi connectivity index (χ1v) is 6.30. The predicted molar refractivity (Wildman–Crippen MR) is 60.6 cm³/mol. The summed E-state index contributed by atoms with van der Waals surface area (Å²) in [7, 11) is 0. The third-order valence-corrected chi connectivity index (χ3v) is 3.98. The summed E-state index contributed by atoms with van der Waals surface area (Å²) < 4.78 is 5.57. The third-order valence-electron chi connectivity index (χ3n) is 2.79. The Morgan fingerprint density at radius 2 is 2.43 bits per heavy atom. The summed E-state index contributed by atoms with van der Waals surface area (Å²) in [5, 5.41) is 0. The van der Waals surface area contributed by atoms with Gasteiger partial charge in [0.2, 0.25) is 0 Å². The molecule has 2 rings (SSSR count). The number of rotatable bonds is 2. The lowest BCUT2D eigenvalue weighted by Gasteiger charge is -2.27. The van der Waals surface area contributed by atoms with E-state index in [0.717, 1.165) is 24.4 Å². The molecule has 2 unspecified atom stereocenters. The highest BCUT2D eigenvalue weighted by molar-refractivity contribution is 7.99. The average molecular weight is 211 g/mol. The molecular weight excluding hydrogens is 194 g/mol. The third kappa shape index (κ3) is 2.34. The van der Waals surface area contributed by atoms with Crippen molar-refractivity contribution >= 4 is 11.8 Å². The van der Waals surface area contributed by atoms with Crippen LogP contribution < -0.4 is 5.73 Å². The smallest absolute Gasteiger partial charge is 0.104 e. The second kappa shape index (κ2) is 4.41. The zero-order valence-electron chi connectivity index (χ0n) is 8.53. The van der Waals surface area contributed by atoms with Gasteiger partial charge in [-0.1, -0.05) is 0 Å². The normalized spacial score (nSPS) is 27.9. The zero-order chi connectivity index (χ0) is 9.97. The number of hydrogen-bond acceptors (Lipinski definition) is 3. The summed E-state index contributed by atoms with van der Waals surface area (Å²) >= 11 is 2.01. The summed E-state index contributed by atoms with van der Waals surface area (Å²) in [6.07, 6.45) is 2.15. The van der Waals surface area contributed by atoms with Gasteiger partial charge in [0.25, 0.3) is 0 Å². The fourth-order valence-electron chi connectivity index (χ4n) is 1.88. The van der Waals surface area contributed by atoms with Crippen LogP contribution >= 0.6 is 11.8 Å². The van der Waals surface area contributed by atoms with E-state index in [1.165, 1.54) is 11.5 Å². The molecule has 0 spiro atoms. The second-order valence-corrected chi connectivity index (χ2v) is 5.15. The Morgan fingerprint density at radius 3 is 3.07 bits per heavy atom. The van der Waals surface area contributed by atoms with Crippen molar-refractivity contribution in [2.75, 3.05) is 11.5 Å². The predicted octanol–water partition coefficient (Wildman–Crippen LogP) is 2.21. The van der Waals surface area contributed by atoms with Gasteiger partial charge in [-0.05, 0) is 42.9 Å². The lowest BCUT2D eigenvalue weighted by Crippen LogP contribution is -2.36. The molecule has 14 heavy (non-hydrogen) atoms. The highest BCUT2D eigenvalue weighted by Crippen LogP contribution is 2.25. The van der Waals surface area contributed by atoms with Crippen LogP contribution in [0.3, 0.4) is 0 Å². The summed E-state index contributed by atoms with van der Waals surface area (Å²) in [5.41, 5.74) is 6.08. The summed E-state index contributed by atoms with van der Waals surface area (Å²) in [4.78, 5) is 0. The molecule has 3 heteroatoms. The monoisotopic (exact) mass is 211 g/mol. The maximum absolute atomic E-state index is 6.08. The summed E-state index contributed by atoms with van der Waals surface area (Å²) in [6, 6.07) is 4.46. The minimum Gasteiger partial charge on any atom is -0.466 e. The van der Waals surface area contributed by atoms with Crippen LogP contribution in [0.25, 0.3) is 0 Å². The Kier molecular flexibility index (Phi) is 3.19. The minimum absolute atomic E-state index is 0.363. The van der Waals surface area contributed by atoms with Crippen molar-refractivity contribution in [3.8, 4) is 0 Å². The van der Waals surface area contributed by atoms with Gasteiger partial charge in [0.1, 0.15) is 11.5 Å². The molecular formula is C11H17NOS. The van der Waals surface area contributed by atoms with Gasteiger partial charge in [-0.2, -0.15) is 11.8 Å². The van der Waals surface area contributed by atoms with Crippen LogP contribution in [0.4, 0.5) is 0 Å². The number of furan rings is 1. The highest BCUT2D eigenvalue weighted by Gasteiger charge is 2.23. The Morgan fingerprint density at radius 1 is 1.57 bits per heavy atom. The first kappa shape index (κ1) is 10.1. The van der Waals surface area contributed by atoms with Gasteiger partial charge in [0.15, 0.2) is 0 Å². The molecule has 1 saturated heterocycles. The Balaban J connectivity index is 1.95. The van der Waals surface area contributed by atoms with Crippen LogP contribution in [0.5, 0.6) is 0 Å². The summed E-state index contributed by atoms with van der Waals surface area (Å²) in [6.45, 7) is 1.99. The van der Waals surface area contributed by atoms with Crippen molar-refractivity contribution in [2.45, 2.75) is 25.8 Å². The molecule has 1 aliphatic rings. The molecule has 2 N–H and O–H groups in total. The van der Waals surface area contributed by atoms with E-state index in [0.29, 0.717) is 12.0 Å². The second-order valence-electron chi connectivity index (χ2n) is 4.00. The van der Waals surface area contributed by atoms with Crippen molar-refractivity contribution in [3.63, 3.8) is 0 Å². The van der Waals surface area contributed by atoms with Crippen LogP contribution in [0, 0.1) is 12.8 Å². The number of thioether (sulfide) groups is 1. The van der Waals surface area contributed by atoms with Gasteiger partial charge in [0, 0.05) is 12.5 Å². The van der Waals surface area contributed by atoms with Crippen molar-refractivity contribution in [3.05, 3.63) is 23.7 Å². The number of hydrogen-bond donors (Lipinski definition) is 1. The number of nitrogens with two attached hydrogens (primary N) is 1. The van der Waals surface area contributed by atoms with Crippen molar-refractivity contribution in [1.29, 1.82) is 0 Å². The van der Waals surface area contributed by atoms with E-state index in [1.807, 2.05) is 24.8 Å². The van der Waals surface area contributed by atoms with Gasteiger partial charge < -0.3 is 10.2 Å². The Labute approximate surface area is 89.2 Å². The van der Waals surface area contributed by atoms with E-state index in [9.17, 15) is 0 Å². The number of aryl methyl sites for hydroxylation is 1. The topological polar surface area (TPSA) is 39.2 Å². The SMILES string of the molecule is Cc1ccc(CC2CSCCC2N)o1. The molecule has 1 aromatic heterocycles. The molecule has 2 nitrogen and oxygen atoms in total. The van der Waals surface area contributed by atoms with E-state index in [4.69, 9.17) is 10.2 Å². The van der Waals surface area contributed by atoms with E-state index < -0.39 is 0 Å². The fraction of sp³-hybridized carbons (Fsp3) is 0.636. The van der Waals surface area contributed by atoms with Gasteiger partial charge in [0.05, 0.1) is 0 Å². The molecule has 0 aliphatic carbocycles. The summed E-state index contributed by atoms with van der Waals surface area (Å²) in [5.74, 6) is 5.08. The van der Waals surface area contributed by atoms with E-state index >= 15 is 0 Å². The lowest BCUT2D eigenvalue weighted by atomic mass is 9.95. The van der Waals surface area contributed by atoms with E-state index in [-0.39, 0.29) is 0 Å². The zero-order valence-corrected chi connectivity index (χ0v) is 9.35. The first-order valence-electron chi connectivity index (χ1n) is 5.14. The molecule has 0 radical (unpaired) electrons. The standard InChI is InChI=1S/C11H17NOS/c1-8-2-3-10(13-8)6-9-7-14-5-4-11(9)12/h2-3,9,11H,4-7,12H2,1H3. The molecule has 2 heterocycles. The van der Waals surface area contributed by atoms with Gasteiger partial charge in [-0.15, -0.1) is 0 Å². The molecule has 1 fully saturated rings. The maximum Gasteiger partial charge on any atom is 0.104 e. The molecule has 0 aromatic carbocycles. The van der Waals surface area contributed by atoms with Crippen LogP contribution in [0.15, 0.2) is 16.5 Å². The van der Waals surface area contributed by atoms with Crippen LogP contribution in [0.2, 0.25) is 0 Å². The first-order chi connectivity index (χ1) is 6.75. The fourth-order valence-corrected chi connectivity index (χ4v) is 3.15. The Hall–Kier alpha value is -0.410. The molecule has 1 aromatic rings. The minimum atomic E-state index is 0.363. The van der Waals surface area contributed by atoms with E-state index in [2.05, 4.69) is 6.07 Å². The molecule has 1 aliphatic heterocycles. The Bertz CT molecular complexity index is 297. The van der Waals surface area contributed by atoms with Crippen molar-refractivity contribution in [1.82, 2.24) is 0 Å². The average Bonchev–Trinajstić information content (AvgIpc) is 2.56. The van der Waals surface area contributed by atoms with Crippen molar-refractivity contribution in [2.24, 2.45) is 11.7 Å². The molecule has 0 bridgehead atoms. The van der Waals surface area contributed by atoms with Crippen LogP contribution in [-0.2, 0) is 6.42 Å². The van der Waals surface area contributed by atoms with E-state index in [1.54, 1.807) is 0 Å². The van der Waals surface area contributed by atoms with Gasteiger partial charge >= 0.3 is 0 Å². The molecule has 78 valence electrons. The van der Waals surface area contributed by atoms with Crippen molar-refractivity contribution < 1.29 is 4.42 Å². The molecule has 0 amide bonds. The maximum atomic E-state index is 6.08. The largest absolute Gasteiger partial charge is 0.466 e. The van der Waals surface area contributed by atoms with Gasteiger partial charge in [-0.25, -0.2) is 0 Å². The van der Waals surface area contributed by atoms with Crippen LogP contribution in [0.1, 0.15) is 17.9 Å². The van der Waals surface area contributed by atoms with Gasteiger partial charge in [-0.3, -0.25) is 0 Å². The highest BCUT2D eigenvalue weighted by atomic mass is 32.2. The lowest BCUT2D eigenvalue weighted by molar-refractivity contribution is 0.390. The molecule has 0 saturated carbocycles. The van der Waals surface area contributed by atoms with Crippen LogP contribution in [-0.4, -0.2) is 17.5 Å².